The van der Waals surface area contributed by atoms with Gasteiger partial charge in [0.05, 0.1) is 17.6 Å². The molecule has 0 amide bonds. The highest BCUT2D eigenvalue weighted by Crippen LogP contribution is 2.33. The second-order valence-electron chi connectivity index (χ2n) is 5.95. The quantitative estimate of drug-likeness (QED) is 0.588. The number of aliphatic hydroxyl groups is 1. The molecule has 0 bridgehead atoms. The summed E-state index contributed by atoms with van der Waals surface area (Å²) in [5.74, 6) is 1.40. The zero-order valence-corrected chi connectivity index (χ0v) is 12.6. The zero-order chi connectivity index (χ0) is 15.4. The van der Waals surface area contributed by atoms with Crippen molar-refractivity contribution in [3.05, 3.63) is 22.5 Å². The van der Waals surface area contributed by atoms with E-state index >= 15 is 0 Å². The average Bonchev–Trinajstić information content (AvgIpc) is 3.03. The molecule has 1 heterocycles. The van der Waals surface area contributed by atoms with Crippen LogP contribution in [0.2, 0.25) is 0 Å². The molecule has 21 heavy (non-hydrogen) atoms. The van der Waals surface area contributed by atoms with Crippen molar-refractivity contribution in [2.24, 2.45) is 11.8 Å². The summed E-state index contributed by atoms with van der Waals surface area (Å²) in [7, 11) is 0. The van der Waals surface area contributed by atoms with Crippen molar-refractivity contribution in [1.29, 1.82) is 0 Å². The van der Waals surface area contributed by atoms with Crippen LogP contribution in [0.15, 0.2) is 12.4 Å². The number of aromatic nitrogens is 2. The minimum Gasteiger partial charge on any atom is -0.390 e. The van der Waals surface area contributed by atoms with Crippen LogP contribution < -0.4 is 5.32 Å². The van der Waals surface area contributed by atoms with E-state index in [-0.39, 0.29) is 12.2 Å². The normalized spacial score (nSPS) is 26.9. The Bertz CT molecular complexity index is 477. The number of nitro groups is 1. The van der Waals surface area contributed by atoms with Crippen LogP contribution in [0.3, 0.4) is 0 Å². The van der Waals surface area contributed by atoms with Crippen LogP contribution in [0, 0.1) is 22.0 Å². The van der Waals surface area contributed by atoms with Gasteiger partial charge in [0.25, 0.3) is 0 Å². The Hall–Kier alpha value is -1.47. The lowest BCUT2D eigenvalue weighted by atomic mass is 9.93. The summed E-state index contributed by atoms with van der Waals surface area (Å²) in [5, 5.41) is 27.9. The van der Waals surface area contributed by atoms with E-state index in [4.69, 9.17) is 0 Å². The van der Waals surface area contributed by atoms with E-state index in [0.717, 1.165) is 12.3 Å². The third-order valence-corrected chi connectivity index (χ3v) is 4.59. The third-order valence-electron chi connectivity index (χ3n) is 4.59. The summed E-state index contributed by atoms with van der Waals surface area (Å²) in [6, 6.07) is 0.455. The van der Waals surface area contributed by atoms with Crippen LogP contribution in [-0.4, -0.2) is 38.5 Å². The van der Waals surface area contributed by atoms with Crippen molar-refractivity contribution in [3.8, 4) is 0 Å². The minimum atomic E-state index is -0.600. The first-order valence-corrected chi connectivity index (χ1v) is 7.59. The van der Waals surface area contributed by atoms with Crippen LogP contribution in [0.1, 0.15) is 33.1 Å². The Balaban J connectivity index is 1.77. The fourth-order valence-corrected chi connectivity index (χ4v) is 3.23. The molecule has 0 saturated heterocycles. The van der Waals surface area contributed by atoms with Gasteiger partial charge >= 0.3 is 5.69 Å². The number of nitrogens with one attached hydrogen (secondary N) is 1. The van der Waals surface area contributed by atoms with E-state index in [0.29, 0.717) is 18.5 Å². The largest absolute Gasteiger partial charge is 0.390 e. The average molecular weight is 296 g/mol. The van der Waals surface area contributed by atoms with E-state index in [1.54, 1.807) is 0 Å². The fourth-order valence-electron chi connectivity index (χ4n) is 3.23. The Kier molecular flexibility index (Phi) is 5.30. The van der Waals surface area contributed by atoms with E-state index in [9.17, 15) is 15.2 Å². The predicted molar refractivity (Wildman–Crippen MR) is 78.9 cm³/mol. The molecular formula is C14H24N4O3. The summed E-state index contributed by atoms with van der Waals surface area (Å²) in [4.78, 5) is 10.1. The summed E-state index contributed by atoms with van der Waals surface area (Å²) < 4.78 is 1.41. The second kappa shape index (κ2) is 7.00. The van der Waals surface area contributed by atoms with Gasteiger partial charge in [-0.1, -0.05) is 20.3 Å². The maximum Gasteiger partial charge on any atom is 0.306 e. The summed E-state index contributed by atoms with van der Waals surface area (Å²) in [6.07, 6.45) is 5.55. The van der Waals surface area contributed by atoms with Crippen LogP contribution in [0.25, 0.3) is 0 Å². The predicted octanol–water partition coefficient (Wildman–Crippen LogP) is 1.57. The molecule has 0 spiro atoms. The molecule has 4 unspecified atom stereocenters. The van der Waals surface area contributed by atoms with E-state index < -0.39 is 11.0 Å². The standard InChI is InChI=1S/C14H24N4O3/c1-3-11-4-5-14(10(11)2)15-7-13(19)9-17-8-12(6-16-17)18(20)21/h6,8,10-11,13-15,19H,3-5,7,9H2,1-2H3. The number of hydrogen-bond donors (Lipinski definition) is 2. The highest BCUT2D eigenvalue weighted by Gasteiger charge is 2.31. The van der Waals surface area contributed by atoms with Crippen LogP contribution in [-0.2, 0) is 6.54 Å². The van der Waals surface area contributed by atoms with E-state index in [2.05, 4.69) is 24.3 Å². The fraction of sp³-hybridized carbons (Fsp3) is 0.786. The smallest absolute Gasteiger partial charge is 0.306 e. The van der Waals surface area contributed by atoms with E-state index in [1.165, 1.54) is 29.9 Å². The van der Waals surface area contributed by atoms with Gasteiger partial charge in [0.15, 0.2) is 0 Å². The minimum absolute atomic E-state index is 0.0506. The summed E-state index contributed by atoms with van der Waals surface area (Å²) in [5.41, 5.74) is -0.0506. The van der Waals surface area contributed by atoms with Crippen molar-refractivity contribution in [1.82, 2.24) is 15.1 Å². The first-order valence-electron chi connectivity index (χ1n) is 7.59. The molecular weight excluding hydrogens is 272 g/mol. The number of nitrogens with zero attached hydrogens (tertiary/aromatic N) is 3. The van der Waals surface area contributed by atoms with Gasteiger partial charge < -0.3 is 10.4 Å². The highest BCUT2D eigenvalue weighted by molar-refractivity contribution is 5.20. The van der Waals surface area contributed by atoms with Gasteiger partial charge in [0, 0.05) is 12.6 Å². The topological polar surface area (TPSA) is 93.2 Å². The van der Waals surface area contributed by atoms with Gasteiger partial charge in [-0.05, 0) is 24.7 Å². The first-order chi connectivity index (χ1) is 10.0. The molecule has 4 atom stereocenters. The summed E-state index contributed by atoms with van der Waals surface area (Å²) >= 11 is 0. The van der Waals surface area contributed by atoms with Crippen molar-refractivity contribution < 1.29 is 10.0 Å². The molecule has 1 fully saturated rings. The van der Waals surface area contributed by atoms with Gasteiger partial charge in [0.2, 0.25) is 0 Å². The molecule has 118 valence electrons. The molecule has 7 heteroatoms. The number of hydrogen-bond acceptors (Lipinski definition) is 5. The summed E-state index contributed by atoms with van der Waals surface area (Å²) in [6.45, 7) is 5.24. The Labute approximate surface area is 124 Å². The number of aliphatic hydroxyl groups excluding tert-OH is 1. The lowest BCUT2D eigenvalue weighted by molar-refractivity contribution is -0.385. The lowest BCUT2D eigenvalue weighted by Gasteiger charge is -2.22. The van der Waals surface area contributed by atoms with Crippen LogP contribution >= 0.6 is 0 Å². The molecule has 1 aliphatic rings. The lowest BCUT2D eigenvalue weighted by Crippen LogP contribution is -2.39. The SMILES string of the molecule is CCC1CCC(NCC(O)Cn2cc([N+](=O)[O-])cn2)C1C. The number of rotatable bonds is 7. The van der Waals surface area contributed by atoms with Crippen molar-refractivity contribution in [2.45, 2.75) is 51.8 Å². The second-order valence-corrected chi connectivity index (χ2v) is 5.95. The Morgan fingerprint density at radius 1 is 1.62 bits per heavy atom. The molecule has 2 N–H and O–H groups in total. The Morgan fingerprint density at radius 3 is 2.95 bits per heavy atom. The van der Waals surface area contributed by atoms with E-state index in [1.807, 2.05) is 0 Å². The molecule has 1 aromatic rings. The molecule has 1 aliphatic carbocycles. The van der Waals surface area contributed by atoms with Crippen molar-refractivity contribution in [2.75, 3.05) is 6.54 Å². The third kappa shape index (κ3) is 4.01. The molecule has 0 radical (unpaired) electrons. The maximum absolute atomic E-state index is 10.6. The highest BCUT2D eigenvalue weighted by atomic mass is 16.6. The molecule has 0 aliphatic heterocycles. The van der Waals surface area contributed by atoms with Gasteiger partial charge in [-0.3, -0.25) is 14.8 Å². The molecule has 1 aromatic heterocycles. The van der Waals surface area contributed by atoms with Crippen LogP contribution in [0.5, 0.6) is 0 Å². The van der Waals surface area contributed by atoms with Gasteiger partial charge in [0.1, 0.15) is 12.4 Å². The zero-order valence-electron chi connectivity index (χ0n) is 12.6. The molecule has 2 rings (SSSR count). The van der Waals surface area contributed by atoms with Gasteiger partial charge in [-0.15, -0.1) is 0 Å². The molecule has 7 nitrogen and oxygen atoms in total. The Morgan fingerprint density at radius 2 is 2.38 bits per heavy atom. The van der Waals surface area contributed by atoms with Crippen molar-refractivity contribution in [3.63, 3.8) is 0 Å². The van der Waals surface area contributed by atoms with Crippen LogP contribution in [0.4, 0.5) is 5.69 Å². The first kappa shape index (κ1) is 15.9. The molecule has 0 aromatic carbocycles. The van der Waals surface area contributed by atoms with Gasteiger partial charge in [-0.25, -0.2) is 0 Å². The molecule has 1 saturated carbocycles. The van der Waals surface area contributed by atoms with Crippen molar-refractivity contribution >= 4 is 5.69 Å². The monoisotopic (exact) mass is 296 g/mol. The van der Waals surface area contributed by atoms with Gasteiger partial charge in [-0.2, -0.15) is 5.10 Å². The maximum atomic E-state index is 10.6.